The van der Waals surface area contributed by atoms with Crippen LogP contribution >= 0.6 is 0 Å². The number of benzene rings is 1. The van der Waals surface area contributed by atoms with Crippen LogP contribution in [0.4, 0.5) is 0 Å². The molecule has 1 aromatic carbocycles. The molecule has 26 heavy (non-hydrogen) atoms. The molecule has 0 radical (unpaired) electrons. The van der Waals surface area contributed by atoms with Crippen LogP contribution in [-0.4, -0.2) is 17.6 Å². The Morgan fingerprint density at radius 3 is 2.31 bits per heavy atom. The van der Waals surface area contributed by atoms with E-state index in [0.29, 0.717) is 17.5 Å². The number of ether oxygens (including phenoxy) is 1. The number of H-pyrrole nitrogens is 1. The summed E-state index contributed by atoms with van der Waals surface area (Å²) in [5.41, 5.74) is 1.43. The molecule has 0 aliphatic carbocycles. The van der Waals surface area contributed by atoms with Crippen molar-refractivity contribution in [2.75, 3.05) is 6.61 Å². The Labute approximate surface area is 156 Å². The van der Waals surface area contributed by atoms with E-state index in [-0.39, 0.29) is 17.6 Å². The highest BCUT2D eigenvalue weighted by Gasteiger charge is 2.19. The van der Waals surface area contributed by atoms with E-state index < -0.39 is 5.97 Å². The van der Waals surface area contributed by atoms with Crippen LogP contribution in [0.2, 0.25) is 0 Å². The molecule has 0 bridgehead atoms. The van der Waals surface area contributed by atoms with Gasteiger partial charge in [0, 0.05) is 16.6 Å². The lowest BCUT2D eigenvalue weighted by Crippen LogP contribution is -2.22. The fourth-order valence-corrected chi connectivity index (χ4v) is 3.33. The Kier molecular flexibility index (Phi) is 8.39. The van der Waals surface area contributed by atoms with Gasteiger partial charge >= 0.3 is 5.97 Å². The van der Waals surface area contributed by atoms with Gasteiger partial charge in [-0.05, 0) is 31.9 Å². The van der Waals surface area contributed by atoms with Gasteiger partial charge in [-0.1, -0.05) is 64.0 Å². The monoisotopic (exact) mass is 357 g/mol. The van der Waals surface area contributed by atoms with Crippen molar-refractivity contribution in [2.24, 2.45) is 0 Å². The van der Waals surface area contributed by atoms with E-state index in [0.717, 1.165) is 18.4 Å². The first-order valence-corrected chi connectivity index (χ1v) is 10.00. The standard InChI is InChI=1S/C22H31NO3/c1-3-5-6-7-8-9-10-11-16-19-20(22(25)26-4-2)21(24)17-14-12-13-15-18(17)23-19/h12-15H,3-11,16H2,1-2H3,(H,23,24). The molecule has 142 valence electrons. The molecular formula is C22H31NO3. The van der Waals surface area contributed by atoms with Crippen LogP contribution in [0.5, 0.6) is 0 Å². The molecule has 0 amide bonds. The fraction of sp³-hybridized carbons (Fsp3) is 0.545. The Morgan fingerprint density at radius 1 is 0.962 bits per heavy atom. The minimum atomic E-state index is -0.519. The van der Waals surface area contributed by atoms with Gasteiger partial charge in [0.1, 0.15) is 5.56 Å². The maximum atomic E-state index is 12.8. The van der Waals surface area contributed by atoms with Gasteiger partial charge in [0.15, 0.2) is 0 Å². The molecule has 0 aliphatic rings. The van der Waals surface area contributed by atoms with Crippen molar-refractivity contribution < 1.29 is 9.53 Å². The summed E-state index contributed by atoms with van der Waals surface area (Å²) >= 11 is 0. The number of aromatic amines is 1. The van der Waals surface area contributed by atoms with Crippen molar-refractivity contribution in [2.45, 2.75) is 71.6 Å². The van der Waals surface area contributed by atoms with Crippen LogP contribution in [0.1, 0.15) is 81.3 Å². The van der Waals surface area contributed by atoms with Gasteiger partial charge in [0.2, 0.25) is 5.43 Å². The summed E-state index contributed by atoms with van der Waals surface area (Å²) in [5.74, 6) is -0.519. The number of hydrogen-bond acceptors (Lipinski definition) is 3. The second-order valence-electron chi connectivity index (χ2n) is 6.80. The number of hydrogen-bond donors (Lipinski definition) is 1. The Morgan fingerprint density at radius 2 is 1.62 bits per heavy atom. The molecular weight excluding hydrogens is 326 g/mol. The topological polar surface area (TPSA) is 59.2 Å². The van der Waals surface area contributed by atoms with Gasteiger partial charge in [-0.2, -0.15) is 0 Å². The number of unbranched alkanes of at least 4 members (excludes halogenated alkanes) is 7. The maximum Gasteiger partial charge on any atom is 0.343 e. The van der Waals surface area contributed by atoms with Crippen molar-refractivity contribution in [3.05, 3.63) is 45.7 Å². The van der Waals surface area contributed by atoms with Crippen LogP contribution in [-0.2, 0) is 11.2 Å². The van der Waals surface area contributed by atoms with Crippen molar-refractivity contribution in [3.8, 4) is 0 Å². The predicted octanol–water partition coefficient (Wildman–Crippen LogP) is 5.39. The van der Waals surface area contributed by atoms with Gasteiger partial charge in [0.05, 0.1) is 6.61 Å². The Balaban J connectivity index is 2.06. The highest BCUT2D eigenvalue weighted by Crippen LogP contribution is 2.16. The predicted molar refractivity (Wildman–Crippen MR) is 107 cm³/mol. The summed E-state index contributed by atoms with van der Waals surface area (Å²) in [4.78, 5) is 28.4. The number of rotatable bonds is 11. The number of pyridine rings is 1. The van der Waals surface area contributed by atoms with Crippen molar-refractivity contribution in [3.63, 3.8) is 0 Å². The molecule has 1 N–H and O–H groups in total. The number of fused-ring (bicyclic) bond motifs is 1. The average molecular weight is 357 g/mol. The lowest BCUT2D eigenvalue weighted by molar-refractivity contribution is 0.0523. The normalized spacial score (nSPS) is 11.0. The van der Waals surface area contributed by atoms with E-state index in [9.17, 15) is 9.59 Å². The number of carbonyl (C=O) groups excluding carboxylic acids is 1. The van der Waals surface area contributed by atoms with Crippen LogP contribution in [0, 0.1) is 0 Å². The molecule has 2 aromatic rings. The van der Waals surface area contributed by atoms with Gasteiger partial charge in [0.25, 0.3) is 0 Å². The largest absolute Gasteiger partial charge is 0.462 e. The van der Waals surface area contributed by atoms with Gasteiger partial charge < -0.3 is 9.72 Å². The van der Waals surface area contributed by atoms with E-state index in [2.05, 4.69) is 11.9 Å². The van der Waals surface area contributed by atoms with E-state index >= 15 is 0 Å². The van der Waals surface area contributed by atoms with Crippen LogP contribution < -0.4 is 5.43 Å². The molecule has 0 aliphatic heterocycles. The third-order valence-electron chi connectivity index (χ3n) is 4.75. The van der Waals surface area contributed by atoms with Crippen LogP contribution in [0.15, 0.2) is 29.1 Å². The summed E-state index contributed by atoms with van der Waals surface area (Å²) < 4.78 is 5.12. The highest BCUT2D eigenvalue weighted by molar-refractivity contribution is 5.95. The number of esters is 1. The zero-order valence-electron chi connectivity index (χ0n) is 16.1. The number of aryl methyl sites for hydroxylation is 1. The molecule has 0 saturated heterocycles. The third kappa shape index (κ3) is 5.45. The SMILES string of the molecule is CCCCCCCCCCc1[nH]c2ccccc2c(=O)c1C(=O)OCC. The maximum absolute atomic E-state index is 12.8. The fourth-order valence-electron chi connectivity index (χ4n) is 3.33. The molecule has 4 heteroatoms. The van der Waals surface area contributed by atoms with Crippen molar-refractivity contribution >= 4 is 16.9 Å². The minimum Gasteiger partial charge on any atom is -0.462 e. The molecule has 0 spiro atoms. The first kappa shape index (κ1) is 20.2. The molecule has 4 nitrogen and oxygen atoms in total. The first-order valence-electron chi connectivity index (χ1n) is 10.00. The Bertz CT molecular complexity index is 764. The molecule has 0 saturated carbocycles. The third-order valence-corrected chi connectivity index (χ3v) is 4.75. The number of aromatic nitrogens is 1. The molecule has 0 atom stereocenters. The van der Waals surface area contributed by atoms with Crippen molar-refractivity contribution in [1.29, 1.82) is 0 Å². The summed E-state index contributed by atoms with van der Waals surface area (Å²) in [6.45, 7) is 4.25. The first-order chi connectivity index (χ1) is 12.7. The van der Waals surface area contributed by atoms with E-state index in [1.54, 1.807) is 13.0 Å². The second kappa shape index (κ2) is 10.8. The summed E-state index contributed by atoms with van der Waals surface area (Å²) in [6, 6.07) is 7.33. The second-order valence-corrected chi connectivity index (χ2v) is 6.80. The molecule has 2 rings (SSSR count). The molecule has 1 aromatic heterocycles. The lowest BCUT2D eigenvalue weighted by Gasteiger charge is -2.11. The van der Waals surface area contributed by atoms with E-state index in [1.165, 1.54) is 38.5 Å². The number of nitrogens with one attached hydrogen (secondary N) is 1. The van der Waals surface area contributed by atoms with Gasteiger partial charge in [-0.15, -0.1) is 0 Å². The Hall–Kier alpha value is -2.10. The molecule has 1 heterocycles. The molecule has 0 unspecified atom stereocenters. The van der Waals surface area contributed by atoms with E-state index in [4.69, 9.17) is 4.74 Å². The van der Waals surface area contributed by atoms with E-state index in [1.807, 2.05) is 18.2 Å². The number of carbonyl (C=O) groups is 1. The van der Waals surface area contributed by atoms with Gasteiger partial charge in [-0.25, -0.2) is 4.79 Å². The average Bonchev–Trinajstić information content (AvgIpc) is 2.64. The van der Waals surface area contributed by atoms with Gasteiger partial charge in [-0.3, -0.25) is 4.79 Å². The smallest absolute Gasteiger partial charge is 0.343 e. The highest BCUT2D eigenvalue weighted by atomic mass is 16.5. The summed E-state index contributed by atoms with van der Waals surface area (Å²) in [7, 11) is 0. The molecule has 0 fully saturated rings. The summed E-state index contributed by atoms with van der Waals surface area (Å²) in [5, 5.41) is 0.537. The number of para-hydroxylation sites is 1. The summed E-state index contributed by atoms with van der Waals surface area (Å²) in [6.07, 6.45) is 10.5. The minimum absolute atomic E-state index is 0.175. The van der Waals surface area contributed by atoms with Crippen molar-refractivity contribution in [1.82, 2.24) is 4.98 Å². The van der Waals surface area contributed by atoms with Crippen LogP contribution in [0.3, 0.4) is 0 Å². The lowest BCUT2D eigenvalue weighted by atomic mass is 10.0. The zero-order chi connectivity index (χ0) is 18.8. The van der Waals surface area contributed by atoms with Crippen LogP contribution in [0.25, 0.3) is 10.9 Å². The quantitative estimate of drug-likeness (QED) is 0.433. The zero-order valence-corrected chi connectivity index (χ0v) is 16.1.